The van der Waals surface area contributed by atoms with Gasteiger partial charge in [0.15, 0.2) is 0 Å². The maximum absolute atomic E-state index is 10.1. The largest absolute Gasteiger partial charge is 0.390 e. The first-order chi connectivity index (χ1) is 7.66. The van der Waals surface area contributed by atoms with Crippen molar-refractivity contribution in [2.75, 3.05) is 0 Å². The minimum absolute atomic E-state index is 0.389. The van der Waals surface area contributed by atoms with E-state index in [2.05, 4.69) is 6.08 Å². The van der Waals surface area contributed by atoms with Crippen LogP contribution in [0.5, 0.6) is 0 Å². The van der Waals surface area contributed by atoms with Crippen LogP contribution in [0.2, 0.25) is 0 Å². The lowest BCUT2D eigenvalue weighted by molar-refractivity contribution is 0.0437. The van der Waals surface area contributed by atoms with Crippen molar-refractivity contribution in [3.63, 3.8) is 0 Å². The molecular formula is C15H26O. The van der Waals surface area contributed by atoms with E-state index < -0.39 is 0 Å². The normalized spacial score (nSPS) is 36.9. The Balaban J connectivity index is 1.89. The standard InChI is InChI=1S/C15H26O/c1-15(16)10-5-8-14(9-11-15)12-13-6-3-2-4-7-13/h12,14,16H,2-11H2,1H3. The summed E-state index contributed by atoms with van der Waals surface area (Å²) in [5, 5.41) is 10.1. The highest BCUT2D eigenvalue weighted by atomic mass is 16.3. The predicted octanol–water partition coefficient (Wildman–Crippen LogP) is 4.21. The molecular weight excluding hydrogens is 196 g/mol. The van der Waals surface area contributed by atoms with E-state index >= 15 is 0 Å². The van der Waals surface area contributed by atoms with Crippen molar-refractivity contribution in [3.8, 4) is 0 Å². The van der Waals surface area contributed by atoms with Gasteiger partial charge in [0.1, 0.15) is 0 Å². The molecule has 0 radical (unpaired) electrons. The van der Waals surface area contributed by atoms with Gasteiger partial charge in [-0.05, 0) is 64.2 Å². The molecule has 2 atom stereocenters. The molecule has 1 heteroatoms. The van der Waals surface area contributed by atoms with Gasteiger partial charge in [0, 0.05) is 0 Å². The van der Waals surface area contributed by atoms with Gasteiger partial charge in [-0.15, -0.1) is 0 Å². The summed E-state index contributed by atoms with van der Waals surface area (Å²) in [6, 6.07) is 0. The van der Waals surface area contributed by atoms with Gasteiger partial charge < -0.3 is 5.11 Å². The van der Waals surface area contributed by atoms with E-state index in [-0.39, 0.29) is 5.60 Å². The molecule has 2 aliphatic carbocycles. The van der Waals surface area contributed by atoms with E-state index in [1.165, 1.54) is 51.4 Å². The Morgan fingerprint density at radius 3 is 2.56 bits per heavy atom. The first kappa shape index (κ1) is 12.2. The molecule has 2 aliphatic rings. The van der Waals surface area contributed by atoms with Crippen molar-refractivity contribution in [1.82, 2.24) is 0 Å². The highest BCUT2D eigenvalue weighted by Gasteiger charge is 2.25. The Labute approximate surface area is 99.9 Å². The Bertz CT molecular complexity index is 244. The van der Waals surface area contributed by atoms with Gasteiger partial charge in [-0.1, -0.05) is 24.5 Å². The van der Waals surface area contributed by atoms with Crippen LogP contribution >= 0.6 is 0 Å². The van der Waals surface area contributed by atoms with E-state index in [4.69, 9.17) is 0 Å². The first-order valence-electron chi connectivity index (χ1n) is 7.08. The fourth-order valence-corrected chi connectivity index (χ4v) is 3.18. The number of hydrogen-bond donors (Lipinski definition) is 1. The third kappa shape index (κ3) is 3.62. The fraction of sp³-hybridized carbons (Fsp3) is 0.867. The van der Waals surface area contributed by atoms with Crippen LogP contribution in [-0.2, 0) is 0 Å². The highest BCUT2D eigenvalue weighted by Crippen LogP contribution is 2.33. The molecule has 16 heavy (non-hydrogen) atoms. The summed E-state index contributed by atoms with van der Waals surface area (Å²) in [6.45, 7) is 2.00. The summed E-state index contributed by atoms with van der Waals surface area (Å²) in [5.41, 5.74) is 1.32. The SMILES string of the molecule is CC1(O)CCCC(C=C2CCCCC2)CC1. The van der Waals surface area contributed by atoms with Gasteiger partial charge in [-0.3, -0.25) is 0 Å². The van der Waals surface area contributed by atoms with E-state index in [9.17, 15) is 5.11 Å². The molecule has 2 unspecified atom stereocenters. The second-order valence-corrected chi connectivity index (χ2v) is 6.07. The van der Waals surface area contributed by atoms with Crippen molar-refractivity contribution in [1.29, 1.82) is 0 Å². The second-order valence-electron chi connectivity index (χ2n) is 6.07. The Morgan fingerprint density at radius 1 is 1.06 bits per heavy atom. The van der Waals surface area contributed by atoms with Crippen molar-refractivity contribution in [2.45, 2.75) is 76.7 Å². The van der Waals surface area contributed by atoms with Gasteiger partial charge in [-0.2, -0.15) is 0 Å². The van der Waals surface area contributed by atoms with Crippen molar-refractivity contribution < 1.29 is 5.11 Å². The van der Waals surface area contributed by atoms with Crippen LogP contribution in [-0.4, -0.2) is 10.7 Å². The van der Waals surface area contributed by atoms with Crippen LogP contribution in [0.15, 0.2) is 11.6 Å². The van der Waals surface area contributed by atoms with Crippen LogP contribution in [0, 0.1) is 5.92 Å². The summed E-state index contributed by atoms with van der Waals surface area (Å²) < 4.78 is 0. The maximum Gasteiger partial charge on any atom is 0.0620 e. The number of rotatable bonds is 1. The average Bonchev–Trinajstić information content (AvgIpc) is 2.42. The smallest absolute Gasteiger partial charge is 0.0620 e. The van der Waals surface area contributed by atoms with Gasteiger partial charge >= 0.3 is 0 Å². The molecule has 0 heterocycles. The zero-order chi connectivity index (χ0) is 11.4. The lowest BCUT2D eigenvalue weighted by Crippen LogP contribution is -2.22. The quantitative estimate of drug-likeness (QED) is 0.520. The molecule has 92 valence electrons. The van der Waals surface area contributed by atoms with Crippen molar-refractivity contribution >= 4 is 0 Å². The number of aliphatic hydroxyl groups is 1. The van der Waals surface area contributed by atoms with Gasteiger partial charge in [0.25, 0.3) is 0 Å². The number of allylic oxidation sites excluding steroid dienone is 2. The lowest BCUT2D eigenvalue weighted by atomic mass is 9.89. The zero-order valence-electron chi connectivity index (χ0n) is 10.7. The van der Waals surface area contributed by atoms with E-state index in [1.807, 2.05) is 6.92 Å². The Kier molecular flexibility index (Phi) is 4.07. The summed E-state index contributed by atoms with van der Waals surface area (Å²) in [6.07, 6.45) is 15.1. The molecule has 2 fully saturated rings. The summed E-state index contributed by atoms with van der Waals surface area (Å²) in [5.74, 6) is 0.752. The van der Waals surface area contributed by atoms with Crippen LogP contribution in [0.25, 0.3) is 0 Å². The Morgan fingerprint density at radius 2 is 1.81 bits per heavy atom. The molecule has 2 rings (SSSR count). The number of hydrogen-bond acceptors (Lipinski definition) is 1. The fourth-order valence-electron chi connectivity index (χ4n) is 3.18. The molecule has 2 saturated carbocycles. The summed E-state index contributed by atoms with van der Waals surface area (Å²) in [7, 11) is 0. The Hall–Kier alpha value is -0.300. The molecule has 0 aromatic heterocycles. The van der Waals surface area contributed by atoms with Gasteiger partial charge in [0.2, 0.25) is 0 Å². The topological polar surface area (TPSA) is 20.2 Å². The first-order valence-corrected chi connectivity index (χ1v) is 7.08. The predicted molar refractivity (Wildman–Crippen MR) is 68.4 cm³/mol. The molecule has 1 nitrogen and oxygen atoms in total. The minimum Gasteiger partial charge on any atom is -0.390 e. The molecule has 1 N–H and O–H groups in total. The zero-order valence-corrected chi connectivity index (χ0v) is 10.7. The highest BCUT2D eigenvalue weighted by molar-refractivity contribution is 5.07. The summed E-state index contributed by atoms with van der Waals surface area (Å²) >= 11 is 0. The second kappa shape index (κ2) is 5.35. The van der Waals surface area contributed by atoms with Crippen LogP contribution in [0.4, 0.5) is 0 Å². The van der Waals surface area contributed by atoms with E-state index in [1.54, 1.807) is 5.57 Å². The molecule has 0 bridgehead atoms. The molecule has 0 amide bonds. The van der Waals surface area contributed by atoms with Crippen LogP contribution in [0.1, 0.15) is 71.1 Å². The van der Waals surface area contributed by atoms with Crippen molar-refractivity contribution in [3.05, 3.63) is 11.6 Å². The lowest BCUT2D eigenvalue weighted by Gasteiger charge is -2.20. The van der Waals surface area contributed by atoms with Crippen molar-refractivity contribution in [2.24, 2.45) is 5.92 Å². The average molecular weight is 222 g/mol. The molecule has 0 aliphatic heterocycles. The molecule has 0 aromatic carbocycles. The molecule has 0 saturated heterocycles. The van der Waals surface area contributed by atoms with Gasteiger partial charge in [0.05, 0.1) is 5.60 Å². The minimum atomic E-state index is -0.389. The molecule has 0 aromatic rings. The van der Waals surface area contributed by atoms with Crippen LogP contribution in [0.3, 0.4) is 0 Å². The summed E-state index contributed by atoms with van der Waals surface area (Å²) in [4.78, 5) is 0. The van der Waals surface area contributed by atoms with Gasteiger partial charge in [-0.25, -0.2) is 0 Å². The van der Waals surface area contributed by atoms with Crippen LogP contribution < -0.4 is 0 Å². The molecule has 0 spiro atoms. The van der Waals surface area contributed by atoms with E-state index in [0.29, 0.717) is 0 Å². The third-order valence-corrected chi connectivity index (χ3v) is 4.31. The maximum atomic E-state index is 10.1. The monoisotopic (exact) mass is 222 g/mol. The van der Waals surface area contributed by atoms with E-state index in [0.717, 1.165) is 18.8 Å². The third-order valence-electron chi connectivity index (χ3n) is 4.31.